The van der Waals surface area contributed by atoms with Gasteiger partial charge in [-0.05, 0) is 32.1 Å². The Balaban J connectivity index is 1.90. The topological polar surface area (TPSA) is 50.2 Å². The summed E-state index contributed by atoms with van der Waals surface area (Å²) in [4.78, 5) is 14.4. The summed E-state index contributed by atoms with van der Waals surface area (Å²) in [6.07, 6.45) is 2.99. The van der Waals surface area contributed by atoms with Crippen LogP contribution in [0.2, 0.25) is 0 Å². The van der Waals surface area contributed by atoms with Crippen LogP contribution in [0.15, 0.2) is 12.3 Å². The molecule has 0 bridgehead atoms. The van der Waals surface area contributed by atoms with Crippen molar-refractivity contribution < 1.29 is 4.79 Å². The Morgan fingerprint density at radius 3 is 2.65 bits per heavy atom. The van der Waals surface area contributed by atoms with Gasteiger partial charge < -0.3 is 5.32 Å². The second-order valence-corrected chi connectivity index (χ2v) is 6.44. The zero-order valence-corrected chi connectivity index (χ0v) is 13.0. The van der Waals surface area contributed by atoms with E-state index in [0.717, 1.165) is 18.9 Å². The third-order valence-electron chi connectivity index (χ3n) is 3.74. The van der Waals surface area contributed by atoms with Crippen molar-refractivity contribution in [3.05, 3.63) is 12.3 Å². The lowest BCUT2D eigenvalue weighted by Crippen LogP contribution is -2.43. The fraction of sp³-hybridized carbons (Fsp3) is 0.733. The number of piperidine rings is 1. The van der Waals surface area contributed by atoms with Gasteiger partial charge in [0.15, 0.2) is 0 Å². The first-order valence-electron chi connectivity index (χ1n) is 7.51. The number of carbonyl (C=O) groups is 1. The molecular formula is C15H26N4O. The van der Waals surface area contributed by atoms with Crippen LogP contribution in [0, 0.1) is 11.8 Å². The first-order chi connectivity index (χ1) is 9.45. The molecule has 1 aliphatic heterocycles. The molecule has 2 atom stereocenters. The van der Waals surface area contributed by atoms with Crippen molar-refractivity contribution >= 4 is 11.7 Å². The Bertz CT molecular complexity index is 444. The molecule has 0 spiro atoms. The molecule has 5 heteroatoms. The van der Waals surface area contributed by atoms with Crippen molar-refractivity contribution in [2.24, 2.45) is 11.8 Å². The van der Waals surface area contributed by atoms with Crippen LogP contribution < -0.4 is 5.32 Å². The number of hydrogen-bond acceptors (Lipinski definition) is 3. The highest BCUT2D eigenvalue weighted by molar-refractivity contribution is 5.91. The number of nitrogens with zero attached hydrogens (tertiary/aromatic N) is 3. The number of carbonyl (C=O) groups excluding carboxylic acids is 1. The first kappa shape index (κ1) is 15.0. The van der Waals surface area contributed by atoms with E-state index in [2.05, 4.69) is 43.0 Å². The second kappa shape index (κ2) is 6.39. The number of amides is 1. The molecule has 2 heterocycles. The normalized spacial score (nSPS) is 24.1. The molecule has 112 valence electrons. The summed E-state index contributed by atoms with van der Waals surface area (Å²) >= 11 is 0. The van der Waals surface area contributed by atoms with Crippen LogP contribution >= 0.6 is 0 Å². The van der Waals surface area contributed by atoms with Gasteiger partial charge >= 0.3 is 0 Å². The van der Waals surface area contributed by atoms with E-state index < -0.39 is 0 Å². The highest BCUT2D eigenvalue weighted by atomic mass is 16.2. The van der Waals surface area contributed by atoms with Gasteiger partial charge in [0.25, 0.3) is 0 Å². The Hall–Kier alpha value is -1.36. The molecule has 1 aliphatic rings. The van der Waals surface area contributed by atoms with Crippen LogP contribution in [0.1, 0.15) is 40.2 Å². The van der Waals surface area contributed by atoms with E-state index in [9.17, 15) is 4.79 Å². The van der Waals surface area contributed by atoms with E-state index in [4.69, 9.17) is 0 Å². The summed E-state index contributed by atoms with van der Waals surface area (Å²) < 4.78 is 1.83. The van der Waals surface area contributed by atoms with Crippen LogP contribution in [-0.2, 0) is 4.79 Å². The van der Waals surface area contributed by atoms with Crippen molar-refractivity contribution in [3.8, 4) is 0 Å². The molecule has 20 heavy (non-hydrogen) atoms. The fourth-order valence-corrected chi connectivity index (χ4v) is 3.13. The molecule has 0 aliphatic carbocycles. The highest BCUT2D eigenvalue weighted by Gasteiger charge is 2.23. The monoisotopic (exact) mass is 278 g/mol. The van der Waals surface area contributed by atoms with Crippen molar-refractivity contribution in [2.45, 2.75) is 40.2 Å². The summed E-state index contributed by atoms with van der Waals surface area (Å²) in [5, 5.41) is 7.20. The Morgan fingerprint density at radius 1 is 1.40 bits per heavy atom. The molecule has 1 fully saturated rings. The fourth-order valence-electron chi connectivity index (χ4n) is 3.13. The third kappa shape index (κ3) is 3.82. The molecule has 0 radical (unpaired) electrons. The summed E-state index contributed by atoms with van der Waals surface area (Å²) in [6, 6.07) is 2.09. The van der Waals surface area contributed by atoms with E-state index in [1.807, 2.05) is 10.7 Å². The summed E-state index contributed by atoms with van der Waals surface area (Å²) in [5.74, 6) is 2.18. The zero-order chi connectivity index (χ0) is 14.7. The van der Waals surface area contributed by atoms with Crippen LogP contribution in [0.5, 0.6) is 0 Å². The van der Waals surface area contributed by atoms with E-state index in [-0.39, 0.29) is 11.9 Å². The van der Waals surface area contributed by atoms with Crippen LogP contribution in [0.4, 0.5) is 5.82 Å². The van der Waals surface area contributed by atoms with Gasteiger partial charge in [-0.15, -0.1) is 0 Å². The van der Waals surface area contributed by atoms with Crippen LogP contribution in [0.3, 0.4) is 0 Å². The van der Waals surface area contributed by atoms with Gasteiger partial charge in [0, 0.05) is 25.2 Å². The quantitative estimate of drug-likeness (QED) is 0.920. The Kier molecular flexibility index (Phi) is 4.81. The SMILES string of the molecule is CC(C)n1nccc1NC(=O)CN1C[C@H](C)C[C@H](C)C1. The Morgan fingerprint density at radius 2 is 2.05 bits per heavy atom. The predicted molar refractivity (Wildman–Crippen MR) is 80.6 cm³/mol. The summed E-state index contributed by atoms with van der Waals surface area (Å²) in [5.41, 5.74) is 0. The molecule has 1 aromatic rings. The average molecular weight is 278 g/mol. The average Bonchev–Trinajstić information content (AvgIpc) is 2.75. The maximum absolute atomic E-state index is 12.2. The van der Waals surface area contributed by atoms with E-state index in [1.54, 1.807) is 6.20 Å². The van der Waals surface area contributed by atoms with Crippen LogP contribution in [0.25, 0.3) is 0 Å². The largest absolute Gasteiger partial charge is 0.310 e. The Labute approximate surface area is 121 Å². The minimum absolute atomic E-state index is 0.0497. The van der Waals surface area contributed by atoms with E-state index >= 15 is 0 Å². The highest BCUT2D eigenvalue weighted by Crippen LogP contribution is 2.20. The van der Waals surface area contributed by atoms with Gasteiger partial charge in [-0.25, -0.2) is 4.68 Å². The number of anilines is 1. The first-order valence-corrected chi connectivity index (χ1v) is 7.51. The van der Waals surface area contributed by atoms with E-state index in [1.165, 1.54) is 6.42 Å². The minimum atomic E-state index is 0.0497. The summed E-state index contributed by atoms with van der Waals surface area (Å²) in [7, 11) is 0. The number of likely N-dealkylation sites (tertiary alicyclic amines) is 1. The van der Waals surface area contributed by atoms with Gasteiger partial charge in [0.05, 0.1) is 12.7 Å². The minimum Gasteiger partial charge on any atom is -0.310 e. The maximum Gasteiger partial charge on any atom is 0.239 e. The molecule has 0 aromatic carbocycles. The van der Waals surface area contributed by atoms with Crippen molar-refractivity contribution in [3.63, 3.8) is 0 Å². The van der Waals surface area contributed by atoms with Gasteiger partial charge in [0.2, 0.25) is 5.91 Å². The lowest BCUT2D eigenvalue weighted by molar-refractivity contribution is -0.118. The van der Waals surface area contributed by atoms with Gasteiger partial charge in [-0.1, -0.05) is 13.8 Å². The lowest BCUT2D eigenvalue weighted by atomic mass is 9.92. The summed E-state index contributed by atoms with van der Waals surface area (Å²) in [6.45, 7) is 11.1. The van der Waals surface area contributed by atoms with Crippen molar-refractivity contribution in [1.29, 1.82) is 0 Å². The van der Waals surface area contributed by atoms with Crippen molar-refractivity contribution in [1.82, 2.24) is 14.7 Å². The maximum atomic E-state index is 12.2. The number of hydrogen-bond donors (Lipinski definition) is 1. The van der Waals surface area contributed by atoms with Gasteiger partial charge in [-0.2, -0.15) is 5.10 Å². The number of nitrogens with one attached hydrogen (secondary N) is 1. The molecular weight excluding hydrogens is 252 g/mol. The number of rotatable bonds is 4. The smallest absolute Gasteiger partial charge is 0.239 e. The third-order valence-corrected chi connectivity index (χ3v) is 3.74. The molecule has 1 saturated heterocycles. The number of aromatic nitrogens is 2. The van der Waals surface area contributed by atoms with E-state index in [0.29, 0.717) is 18.4 Å². The second-order valence-electron chi connectivity index (χ2n) is 6.44. The van der Waals surface area contributed by atoms with Crippen LogP contribution in [-0.4, -0.2) is 40.2 Å². The zero-order valence-electron chi connectivity index (χ0n) is 13.0. The van der Waals surface area contributed by atoms with Gasteiger partial charge in [-0.3, -0.25) is 9.69 Å². The molecule has 0 unspecified atom stereocenters. The predicted octanol–water partition coefficient (Wildman–Crippen LogP) is 2.38. The molecule has 0 saturated carbocycles. The lowest BCUT2D eigenvalue weighted by Gasteiger charge is -2.34. The molecule has 2 rings (SSSR count). The van der Waals surface area contributed by atoms with Crippen molar-refractivity contribution in [2.75, 3.05) is 25.0 Å². The molecule has 1 amide bonds. The molecule has 1 N–H and O–H groups in total. The molecule has 5 nitrogen and oxygen atoms in total. The molecule has 1 aromatic heterocycles. The standard InChI is InChI=1S/C15H26N4O/c1-11(2)19-14(5-6-16-19)17-15(20)10-18-8-12(3)7-13(4)9-18/h5-6,11-13H,7-10H2,1-4H3,(H,17,20)/t12-,13+. The van der Waals surface area contributed by atoms with Gasteiger partial charge in [0.1, 0.15) is 5.82 Å².